The fraction of sp³-hybridized carbons (Fsp3) is 0.938. The molecule has 1 rings (SSSR count). The van der Waals surface area contributed by atoms with Gasteiger partial charge in [-0.15, -0.1) is 0 Å². The molecule has 4 atom stereocenters. The molecule has 0 aromatic heterocycles. The first kappa shape index (κ1) is 16.5. The molecule has 0 radical (unpaired) electrons. The number of carbonyl (C=O) groups is 1. The van der Waals surface area contributed by atoms with Crippen molar-refractivity contribution in [2.24, 2.45) is 28.4 Å². The SMILES string of the molecule is CC(NC(=O)C1CCC(N)C(C)C1(C)C)C(C)(C)C. The fourth-order valence-electron chi connectivity index (χ4n) is 2.85. The third kappa shape index (κ3) is 3.50. The van der Waals surface area contributed by atoms with Crippen molar-refractivity contribution in [3.63, 3.8) is 0 Å². The molecule has 0 spiro atoms. The number of amides is 1. The lowest BCUT2D eigenvalue weighted by molar-refractivity contribution is -0.133. The van der Waals surface area contributed by atoms with Crippen LogP contribution in [-0.2, 0) is 4.79 Å². The zero-order chi connectivity index (χ0) is 15.0. The van der Waals surface area contributed by atoms with E-state index in [0.717, 1.165) is 12.8 Å². The molecule has 1 saturated carbocycles. The highest BCUT2D eigenvalue weighted by molar-refractivity contribution is 5.80. The van der Waals surface area contributed by atoms with Crippen molar-refractivity contribution in [2.75, 3.05) is 0 Å². The van der Waals surface area contributed by atoms with Gasteiger partial charge in [0.25, 0.3) is 0 Å². The molecule has 1 fully saturated rings. The minimum atomic E-state index is -0.0284. The minimum Gasteiger partial charge on any atom is -0.353 e. The van der Waals surface area contributed by atoms with Gasteiger partial charge in [0.05, 0.1) is 0 Å². The number of hydrogen-bond acceptors (Lipinski definition) is 2. The van der Waals surface area contributed by atoms with Crippen LogP contribution in [0.4, 0.5) is 0 Å². The van der Waals surface area contributed by atoms with E-state index in [9.17, 15) is 4.79 Å². The Morgan fingerprint density at radius 3 is 2.32 bits per heavy atom. The highest BCUT2D eigenvalue weighted by Gasteiger charge is 2.45. The van der Waals surface area contributed by atoms with Crippen molar-refractivity contribution in [3.05, 3.63) is 0 Å². The summed E-state index contributed by atoms with van der Waals surface area (Å²) < 4.78 is 0. The van der Waals surface area contributed by atoms with E-state index in [2.05, 4.69) is 53.8 Å². The summed E-state index contributed by atoms with van der Waals surface area (Å²) in [5.41, 5.74) is 6.22. The van der Waals surface area contributed by atoms with Gasteiger partial charge in [-0.3, -0.25) is 4.79 Å². The van der Waals surface area contributed by atoms with Gasteiger partial charge in [0.2, 0.25) is 5.91 Å². The molecule has 0 heterocycles. The quantitative estimate of drug-likeness (QED) is 0.809. The first-order chi connectivity index (χ1) is 8.48. The topological polar surface area (TPSA) is 55.1 Å². The summed E-state index contributed by atoms with van der Waals surface area (Å²) in [4.78, 5) is 12.6. The summed E-state index contributed by atoms with van der Waals surface area (Å²) >= 11 is 0. The predicted molar refractivity (Wildman–Crippen MR) is 80.7 cm³/mol. The largest absolute Gasteiger partial charge is 0.353 e. The van der Waals surface area contributed by atoms with Gasteiger partial charge in [0.1, 0.15) is 0 Å². The van der Waals surface area contributed by atoms with Crippen molar-refractivity contribution < 1.29 is 4.79 Å². The van der Waals surface area contributed by atoms with Gasteiger partial charge in [-0.25, -0.2) is 0 Å². The van der Waals surface area contributed by atoms with Gasteiger partial charge in [-0.2, -0.15) is 0 Å². The van der Waals surface area contributed by atoms with Gasteiger partial charge in [0, 0.05) is 18.0 Å². The van der Waals surface area contributed by atoms with Crippen molar-refractivity contribution in [1.82, 2.24) is 5.32 Å². The van der Waals surface area contributed by atoms with Crippen LogP contribution >= 0.6 is 0 Å². The van der Waals surface area contributed by atoms with Gasteiger partial charge < -0.3 is 11.1 Å². The third-order valence-electron chi connectivity index (χ3n) is 5.48. The van der Waals surface area contributed by atoms with Crippen LogP contribution in [0.25, 0.3) is 0 Å². The Hall–Kier alpha value is -0.570. The van der Waals surface area contributed by atoms with Gasteiger partial charge >= 0.3 is 0 Å². The Balaban J connectivity index is 2.77. The maximum Gasteiger partial charge on any atom is 0.223 e. The summed E-state index contributed by atoms with van der Waals surface area (Å²) in [6.07, 6.45) is 1.85. The summed E-state index contributed by atoms with van der Waals surface area (Å²) in [7, 11) is 0. The van der Waals surface area contributed by atoms with E-state index in [-0.39, 0.29) is 34.7 Å². The minimum absolute atomic E-state index is 0.0284. The first-order valence-electron chi connectivity index (χ1n) is 7.54. The van der Waals surface area contributed by atoms with E-state index >= 15 is 0 Å². The number of nitrogens with one attached hydrogen (secondary N) is 1. The smallest absolute Gasteiger partial charge is 0.223 e. The Morgan fingerprint density at radius 1 is 1.32 bits per heavy atom. The summed E-state index contributed by atoms with van der Waals surface area (Å²) in [5, 5.41) is 3.20. The zero-order valence-corrected chi connectivity index (χ0v) is 13.7. The Morgan fingerprint density at radius 2 is 1.84 bits per heavy atom. The standard InChI is InChI=1S/C16H32N2O/c1-10-13(17)9-8-12(16(10,6)7)14(19)18-11(2)15(3,4)5/h10-13H,8-9,17H2,1-7H3,(H,18,19). The van der Waals surface area contributed by atoms with Gasteiger partial charge in [0.15, 0.2) is 0 Å². The molecule has 0 aromatic rings. The monoisotopic (exact) mass is 268 g/mol. The van der Waals surface area contributed by atoms with Crippen LogP contribution in [0.1, 0.15) is 61.3 Å². The molecule has 3 nitrogen and oxygen atoms in total. The van der Waals surface area contributed by atoms with Gasteiger partial charge in [-0.1, -0.05) is 41.5 Å². The van der Waals surface area contributed by atoms with Crippen molar-refractivity contribution in [3.8, 4) is 0 Å². The van der Waals surface area contributed by atoms with Gasteiger partial charge in [-0.05, 0) is 36.5 Å². The normalized spacial score (nSPS) is 32.7. The average molecular weight is 268 g/mol. The van der Waals surface area contributed by atoms with E-state index in [4.69, 9.17) is 5.73 Å². The first-order valence-corrected chi connectivity index (χ1v) is 7.54. The van der Waals surface area contributed by atoms with Crippen LogP contribution in [0.15, 0.2) is 0 Å². The maximum atomic E-state index is 12.6. The van der Waals surface area contributed by atoms with Crippen LogP contribution in [0.2, 0.25) is 0 Å². The Bertz CT molecular complexity index is 330. The van der Waals surface area contributed by atoms with Crippen LogP contribution in [0.3, 0.4) is 0 Å². The number of rotatable bonds is 2. The van der Waals surface area contributed by atoms with E-state index in [1.54, 1.807) is 0 Å². The Labute approximate surface area is 118 Å². The van der Waals surface area contributed by atoms with E-state index in [1.807, 2.05) is 0 Å². The predicted octanol–water partition coefficient (Wildman–Crippen LogP) is 2.94. The van der Waals surface area contributed by atoms with Crippen LogP contribution < -0.4 is 11.1 Å². The molecule has 4 unspecified atom stereocenters. The van der Waals surface area contributed by atoms with Crippen LogP contribution in [0.5, 0.6) is 0 Å². The summed E-state index contributed by atoms with van der Waals surface area (Å²) in [6.45, 7) is 15.1. The number of carbonyl (C=O) groups excluding carboxylic acids is 1. The third-order valence-corrected chi connectivity index (χ3v) is 5.48. The average Bonchev–Trinajstić information content (AvgIpc) is 2.24. The molecule has 0 aromatic carbocycles. The van der Waals surface area contributed by atoms with E-state index in [1.165, 1.54) is 0 Å². The molecule has 3 N–H and O–H groups in total. The Kier molecular flexibility index (Phi) is 4.71. The fourth-order valence-corrected chi connectivity index (χ4v) is 2.85. The lowest BCUT2D eigenvalue weighted by Gasteiger charge is -2.46. The van der Waals surface area contributed by atoms with Crippen LogP contribution in [-0.4, -0.2) is 18.0 Å². The summed E-state index contributed by atoms with van der Waals surface area (Å²) in [6, 6.07) is 0.404. The second kappa shape index (κ2) is 5.43. The second-order valence-corrected chi connectivity index (χ2v) is 8.00. The van der Waals surface area contributed by atoms with Crippen molar-refractivity contribution in [1.29, 1.82) is 0 Å². The molecule has 112 valence electrons. The molecule has 3 heteroatoms. The lowest BCUT2D eigenvalue weighted by Crippen LogP contribution is -2.54. The molecule has 0 saturated heterocycles. The molecule has 0 aliphatic heterocycles. The van der Waals surface area contributed by atoms with E-state index < -0.39 is 0 Å². The number of hydrogen-bond donors (Lipinski definition) is 2. The van der Waals surface area contributed by atoms with Crippen molar-refractivity contribution >= 4 is 5.91 Å². The molecule has 1 aliphatic carbocycles. The second-order valence-electron chi connectivity index (χ2n) is 8.00. The maximum absolute atomic E-state index is 12.6. The molecule has 1 aliphatic rings. The van der Waals surface area contributed by atoms with Crippen LogP contribution in [0, 0.1) is 22.7 Å². The summed E-state index contributed by atoms with van der Waals surface area (Å²) in [5.74, 6) is 0.653. The van der Waals surface area contributed by atoms with Crippen molar-refractivity contribution in [2.45, 2.75) is 73.4 Å². The number of nitrogens with two attached hydrogens (primary N) is 1. The molecular weight excluding hydrogens is 236 g/mol. The molecule has 1 amide bonds. The molecule has 0 bridgehead atoms. The van der Waals surface area contributed by atoms with E-state index in [0.29, 0.717) is 5.92 Å². The highest BCUT2D eigenvalue weighted by atomic mass is 16.2. The molecular formula is C16H32N2O. The highest BCUT2D eigenvalue weighted by Crippen LogP contribution is 2.44. The lowest BCUT2D eigenvalue weighted by atomic mass is 9.61. The molecule has 19 heavy (non-hydrogen) atoms. The zero-order valence-electron chi connectivity index (χ0n) is 13.7.